The van der Waals surface area contributed by atoms with Crippen LogP contribution < -0.4 is 0 Å². The Bertz CT molecular complexity index is 1380. The van der Waals surface area contributed by atoms with E-state index in [0.717, 1.165) is 33.6 Å². The van der Waals surface area contributed by atoms with Gasteiger partial charge in [-0.1, -0.05) is 36.4 Å². The van der Waals surface area contributed by atoms with Gasteiger partial charge in [0.05, 0.1) is 17.8 Å². The van der Waals surface area contributed by atoms with Gasteiger partial charge in [-0.05, 0) is 41.0 Å². The molecule has 1 aliphatic heterocycles. The minimum atomic E-state index is -5.08. The highest BCUT2D eigenvalue weighted by atomic mass is 19.4. The Hall–Kier alpha value is -4.60. The highest BCUT2D eigenvalue weighted by Gasteiger charge is 2.38. The molecule has 0 aliphatic carbocycles. The van der Waals surface area contributed by atoms with Crippen LogP contribution in [0.15, 0.2) is 85.5 Å². The molecule has 0 atom stereocenters. The van der Waals surface area contributed by atoms with Gasteiger partial charge in [-0.3, -0.25) is 19.7 Å². The third kappa shape index (κ3) is 6.16. The molecule has 3 aromatic heterocycles. The molecular weight excluding hydrogens is 485 g/mol. The van der Waals surface area contributed by atoms with E-state index in [1.165, 1.54) is 0 Å². The number of rotatable bonds is 5. The van der Waals surface area contributed by atoms with Crippen molar-refractivity contribution in [2.24, 2.45) is 0 Å². The van der Waals surface area contributed by atoms with E-state index >= 15 is 0 Å². The number of benzene rings is 1. The standard InChI is InChI=1S/C25H20N4O.C2HF3O2/c30-25-24-22(19-8-12-26-13-9-19)10-14-27-23(24)17-29(25)15-11-21-7-6-20(16-28-21)18-4-2-1-3-5-18;3-2(4,5)1(6)7/h1-10,12-14,16H,11,15,17H2;(H,6,7). The van der Waals surface area contributed by atoms with E-state index < -0.39 is 12.1 Å². The fourth-order valence-corrected chi connectivity index (χ4v) is 3.85. The van der Waals surface area contributed by atoms with Crippen molar-refractivity contribution in [2.75, 3.05) is 6.54 Å². The Morgan fingerprint density at radius 2 is 1.59 bits per heavy atom. The molecule has 10 heteroatoms. The van der Waals surface area contributed by atoms with Crippen molar-refractivity contribution in [1.29, 1.82) is 0 Å². The molecule has 0 saturated carbocycles. The smallest absolute Gasteiger partial charge is 0.475 e. The van der Waals surface area contributed by atoms with Gasteiger partial charge in [-0.25, -0.2) is 4.79 Å². The summed E-state index contributed by atoms with van der Waals surface area (Å²) in [6.07, 6.45) is 2.77. The summed E-state index contributed by atoms with van der Waals surface area (Å²) >= 11 is 0. The van der Waals surface area contributed by atoms with Crippen molar-refractivity contribution < 1.29 is 27.9 Å². The minimum Gasteiger partial charge on any atom is -0.475 e. The number of carboxylic acids is 1. The third-order valence-corrected chi connectivity index (χ3v) is 5.67. The average Bonchev–Trinajstić information content (AvgIpc) is 3.24. The monoisotopic (exact) mass is 506 g/mol. The quantitative estimate of drug-likeness (QED) is 0.408. The predicted molar refractivity (Wildman–Crippen MR) is 129 cm³/mol. The van der Waals surface area contributed by atoms with Crippen LogP contribution in [0.25, 0.3) is 22.3 Å². The summed E-state index contributed by atoms with van der Waals surface area (Å²) < 4.78 is 31.7. The molecule has 37 heavy (non-hydrogen) atoms. The van der Waals surface area contributed by atoms with Crippen LogP contribution in [0.4, 0.5) is 13.2 Å². The first kappa shape index (κ1) is 25.5. The molecule has 1 amide bonds. The lowest BCUT2D eigenvalue weighted by molar-refractivity contribution is -0.192. The topological polar surface area (TPSA) is 96.3 Å². The first-order valence-electron chi connectivity index (χ1n) is 11.2. The number of carboxylic acid groups (broad SMARTS) is 1. The molecule has 5 rings (SSSR count). The van der Waals surface area contributed by atoms with Gasteiger partial charge in [0.15, 0.2) is 0 Å². The molecule has 0 bridgehead atoms. The van der Waals surface area contributed by atoms with E-state index in [1.807, 2.05) is 53.6 Å². The summed E-state index contributed by atoms with van der Waals surface area (Å²) in [5.41, 5.74) is 6.66. The highest BCUT2D eigenvalue weighted by molar-refractivity contribution is 6.04. The number of hydrogen-bond donors (Lipinski definition) is 1. The number of amides is 1. The Kier molecular flexibility index (Phi) is 7.57. The fourth-order valence-electron chi connectivity index (χ4n) is 3.85. The van der Waals surface area contributed by atoms with Gasteiger partial charge in [0.25, 0.3) is 5.91 Å². The van der Waals surface area contributed by atoms with E-state index in [-0.39, 0.29) is 5.91 Å². The average molecular weight is 506 g/mol. The number of aliphatic carboxylic acids is 1. The van der Waals surface area contributed by atoms with Gasteiger partial charge >= 0.3 is 12.1 Å². The minimum absolute atomic E-state index is 0.0332. The summed E-state index contributed by atoms with van der Waals surface area (Å²) in [5, 5.41) is 7.12. The number of pyridine rings is 3. The van der Waals surface area contributed by atoms with Crippen LogP contribution in [-0.4, -0.2) is 49.6 Å². The zero-order valence-electron chi connectivity index (χ0n) is 19.4. The Labute approximate surface area is 210 Å². The Balaban J connectivity index is 0.000000405. The van der Waals surface area contributed by atoms with Crippen molar-refractivity contribution in [3.63, 3.8) is 0 Å². The molecule has 4 aromatic rings. The lowest BCUT2D eigenvalue weighted by atomic mass is 10.0. The number of nitrogens with zero attached hydrogens (tertiary/aromatic N) is 4. The summed E-state index contributed by atoms with van der Waals surface area (Å²) in [5.74, 6) is -2.72. The molecule has 0 unspecified atom stereocenters. The van der Waals surface area contributed by atoms with E-state index in [9.17, 15) is 18.0 Å². The van der Waals surface area contributed by atoms with Crippen LogP contribution in [-0.2, 0) is 17.8 Å². The molecule has 0 fully saturated rings. The van der Waals surface area contributed by atoms with Crippen molar-refractivity contribution in [1.82, 2.24) is 19.9 Å². The molecule has 0 spiro atoms. The van der Waals surface area contributed by atoms with Crippen molar-refractivity contribution in [2.45, 2.75) is 19.1 Å². The zero-order valence-corrected chi connectivity index (χ0v) is 19.4. The molecule has 7 nitrogen and oxygen atoms in total. The van der Waals surface area contributed by atoms with E-state index in [0.29, 0.717) is 25.1 Å². The SMILES string of the molecule is O=C(O)C(F)(F)F.O=C1c2c(-c3ccncc3)ccnc2CN1CCc1ccc(-c2ccccc2)cn1. The second-order valence-corrected chi connectivity index (χ2v) is 8.10. The second-order valence-electron chi connectivity index (χ2n) is 8.10. The van der Waals surface area contributed by atoms with E-state index in [4.69, 9.17) is 9.90 Å². The number of carbonyl (C=O) groups excluding carboxylic acids is 1. The van der Waals surface area contributed by atoms with Gasteiger partial charge in [0.1, 0.15) is 0 Å². The van der Waals surface area contributed by atoms with Crippen molar-refractivity contribution >= 4 is 11.9 Å². The van der Waals surface area contributed by atoms with Gasteiger partial charge in [0.2, 0.25) is 0 Å². The maximum atomic E-state index is 13.1. The molecule has 0 radical (unpaired) electrons. The van der Waals surface area contributed by atoms with E-state index in [1.54, 1.807) is 18.6 Å². The number of alkyl halides is 3. The summed E-state index contributed by atoms with van der Waals surface area (Å²) in [6.45, 7) is 1.15. The van der Waals surface area contributed by atoms with Gasteiger partial charge < -0.3 is 10.0 Å². The Morgan fingerprint density at radius 1 is 0.892 bits per heavy atom. The second kappa shape index (κ2) is 11.0. The van der Waals surface area contributed by atoms with Crippen LogP contribution in [0.2, 0.25) is 0 Å². The largest absolute Gasteiger partial charge is 0.490 e. The molecule has 188 valence electrons. The lowest BCUT2D eigenvalue weighted by Gasteiger charge is -2.15. The molecular formula is C27H21F3N4O3. The van der Waals surface area contributed by atoms with Crippen LogP contribution in [0.3, 0.4) is 0 Å². The Morgan fingerprint density at radius 3 is 2.22 bits per heavy atom. The molecule has 1 N–H and O–H groups in total. The first-order chi connectivity index (χ1) is 17.7. The third-order valence-electron chi connectivity index (χ3n) is 5.67. The van der Waals surface area contributed by atoms with Crippen LogP contribution >= 0.6 is 0 Å². The fraction of sp³-hybridized carbons (Fsp3) is 0.148. The first-order valence-corrected chi connectivity index (χ1v) is 11.2. The molecule has 1 aliphatic rings. The van der Waals surface area contributed by atoms with Crippen LogP contribution in [0.1, 0.15) is 21.7 Å². The molecule has 4 heterocycles. The van der Waals surface area contributed by atoms with Gasteiger partial charge in [-0.2, -0.15) is 13.2 Å². The van der Waals surface area contributed by atoms with E-state index in [2.05, 4.69) is 33.2 Å². The van der Waals surface area contributed by atoms with Gasteiger partial charge in [-0.15, -0.1) is 0 Å². The zero-order chi connectivity index (χ0) is 26.4. The number of halogens is 3. The van der Waals surface area contributed by atoms with Crippen molar-refractivity contribution in [3.8, 4) is 22.3 Å². The summed E-state index contributed by atoms with van der Waals surface area (Å²) in [7, 11) is 0. The number of hydrogen-bond acceptors (Lipinski definition) is 5. The predicted octanol–water partition coefficient (Wildman–Crippen LogP) is 5.04. The summed E-state index contributed by atoms with van der Waals surface area (Å²) in [4.78, 5) is 37.0. The highest BCUT2D eigenvalue weighted by Crippen LogP contribution is 2.31. The maximum absolute atomic E-state index is 13.1. The molecule has 1 aromatic carbocycles. The van der Waals surface area contributed by atoms with Gasteiger partial charge in [0, 0.05) is 49.0 Å². The lowest BCUT2D eigenvalue weighted by Crippen LogP contribution is -2.26. The summed E-state index contributed by atoms with van der Waals surface area (Å²) in [6, 6.07) is 20.1. The molecule has 0 saturated heterocycles. The number of carbonyl (C=O) groups is 2. The maximum Gasteiger partial charge on any atom is 0.490 e. The number of fused-ring (bicyclic) bond motifs is 1. The van der Waals surface area contributed by atoms with Crippen molar-refractivity contribution in [3.05, 3.63) is 102 Å². The van der Waals surface area contributed by atoms with Crippen LogP contribution in [0, 0.1) is 0 Å². The number of aromatic nitrogens is 3. The normalized spacial score (nSPS) is 12.5. The van der Waals surface area contributed by atoms with Crippen LogP contribution in [0.5, 0.6) is 0 Å².